The molecule has 0 aliphatic carbocycles. The van der Waals surface area contributed by atoms with Gasteiger partial charge in [-0.1, -0.05) is 19.9 Å². The Bertz CT molecular complexity index is 1600. The highest BCUT2D eigenvalue weighted by atomic mass is 16.6. The summed E-state index contributed by atoms with van der Waals surface area (Å²) in [5.74, 6) is 1.80. The van der Waals surface area contributed by atoms with Crippen molar-refractivity contribution in [3.8, 4) is 17.6 Å². The molecule has 0 bridgehead atoms. The van der Waals surface area contributed by atoms with Gasteiger partial charge in [-0.25, -0.2) is 9.59 Å². The van der Waals surface area contributed by atoms with Crippen molar-refractivity contribution in [2.45, 2.75) is 125 Å². The molecule has 55 heavy (non-hydrogen) atoms. The van der Waals surface area contributed by atoms with Crippen molar-refractivity contribution in [2.24, 2.45) is 10.8 Å². The Morgan fingerprint density at radius 3 is 2.16 bits per heavy atom. The maximum Gasteiger partial charge on any atom is 0.408 e. The van der Waals surface area contributed by atoms with Gasteiger partial charge in [-0.3, -0.25) is 19.2 Å². The second-order valence-corrected chi connectivity index (χ2v) is 16.5. The zero-order chi connectivity index (χ0) is 41.6. The van der Waals surface area contributed by atoms with Gasteiger partial charge in [-0.2, -0.15) is 0 Å². The molecule has 0 fully saturated rings. The van der Waals surface area contributed by atoms with E-state index in [0.717, 1.165) is 0 Å². The SMILES string of the molecule is COC(=O)[C@H](Cc1ccc2c(c1)NC(=O)C(C)(C)CCOC(C)CCNC(=O)C#CC(=O)NCCC(C)(C)OCCC(C)(C)C(=O)O2)NC(=O)OC(C)(C)C. The van der Waals surface area contributed by atoms with Crippen molar-refractivity contribution in [1.82, 2.24) is 16.0 Å². The zero-order valence-corrected chi connectivity index (χ0v) is 34.2. The fraction of sp³-hybridized carbons (Fsp3) is 0.650. The molecule has 0 spiro atoms. The zero-order valence-electron chi connectivity index (χ0n) is 34.2. The second kappa shape index (κ2) is 20.3. The molecule has 2 atom stereocenters. The second-order valence-electron chi connectivity index (χ2n) is 16.5. The predicted molar refractivity (Wildman–Crippen MR) is 205 cm³/mol. The van der Waals surface area contributed by atoms with Gasteiger partial charge in [0, 0.05) is 50.0 Å². The average molecular weight is 773 g/mol. The molecule has 4 N–H and O–H groups in total. The number of benzene rings is 1. The van der Waals surface area contributed by atoms with Crippen LogP contribution in [-0.4, -0.2) is 92.5 Å². The summed E-state index contributed by atoms with van der Waals surface area (Å²) in [7, 11) is 1.20. The number of hydrogen-bond acceptors (Lipinski definition) is 11. The van der Waals surface area contributed by atoms with Gasteiger partial charge in [0.15, 0.2) is 5.75 Å². The number of rotatable bonds is 4. The summed E-state index contributed by atoms with van der Waals surface area (Å²) < 4.78 is 28.2. The quantitative estimate of drug-likeness (QED) is 0.195. The minimum atomic E-state index is -1.13. The Hall–Kier alpha value is -4.68. The van der Waals surface area contributed by atoms with Crippen molar-refractivity contribution in [2.75, 3.05) is 38.7 Å². The van der Waals surface area contributed by atoms with Crippen molar-refractivity contribution < 1.29 is 52.5 Å². The molecule has 2 rings (SSSR count). The van der Waals surface area contributed by atoms with Crippen LogP contribution < -0.4 is 26.0 Å². The molecule has 4 amide bonds. The molecule has 1 aliphatic rings. The minimum Gasteiger partial charge on any atom is -0.467 e. The van der Waals surface area contributed by atoms with E-state index in [1.165, 1.54) is 13.2 Å². The molecular formula is C40H60N4O11. The molecule has 1 aliphatic heterocycles. The molecule has 0 aromatic heterocycles. The van der Waals surface area contributed by atoms with Crippen molar-refractivity contribution in [1.29, 1.82) is 0 Å². The lowest BCUT2D eigenvalue weighted by Gasteiger charge is -2.29. The van der Waals surface area contributed by atoms with Crippen molar-refractivity contribution in [3.63, 3.8) is 0 Å². The maximum absolute atomic E-state index is 13.8. The summed E-state index contributed by atoms with van der Waals surface area (Å²) in [4.78, 5) is 77.0. The van der Waals surface area contributed by atoms with Crippen LogP contribution in [0.3, 0.4) is 0 Å². The Morgan fingerprint density at radius 2 is 1.55 bits per heavy atom. The first-order valence-electron chi connectivity index (χ1n) is 18.5. The number of ether oxygens (including phenoxy) is 5. The third kappa shape index (κ3) is 17.1. The average Bonchev–Trinajstić information content (AvgIpc) is 3.06. The smallest absolute Gasteiger partial charge is 0.408 e. The van der Waals surface area contributed by atoms with E-state index in [2.05, 4.69) is 33.1 Å². The number of fused-ring (bicyclic) bond motifs is 1. The fourth-order valence-corrected chi connectivity index (χ4v) is 4.98. The number of esters is 2. The number of nitrogens with one attached hydrogen (secondary N) is 4. The van der Waals surface area contributed by atoms with Crippen LogP contribution in [-0.2, 0) is 49.3 Å². The summed E-state index contributed by atoms with van der Waals surface area (Å²) in [6, 6.07) is 3.59. The van der Waals surface area contributed by atoms with Gasteiger partial charge in [0.2, 0.25) is 5.91 Å². The molecule has 306 valence electrons. The van der Waals surface area contributed by atoms with Crippen LogP contribution in [0.15, 0.2) is 18.2 Å². The first kappa shape index (κ1) is 46.5. The summed E-state index contributed by atoms with van der Waals surface area (Å²) in [5, 5.41) is 10.8. The van der Waals surface area contributed by atoms with E-state index < -0.39 is 57.9 Å². The van der Waals surface area contributed by atoms with Crippen LogP contribution in [0.1, 0.15) is 100 Å². The first-order valence-corrected chi connectivity index (χ1v) is 18.5. The number of methoxy groups -OCH3 is 1. The van der Waals surface area contributed by atoms with Crippen LogP contribution in [0.2, 0.25) is 0 Å². The van der Waals surface area contributed by atoms with Crippen LogP contribution in [0.25, 0.3) is 0 Å². The van der Waals surface area contributed by atoms with E-state index in [-0.39, 0.29) is 62.6 Å². The highest BCUT2D eigenvalue weighted by molar-refractivity contribution is 6.02. The number of hydrogen-bond donors (Lipinski definition) is 4. The maximum atomic E-state index is 13.8. The van der Waals surface area contributed by atoms with E-state index in [1.54, 1.807) is 60.6 Å². The highest BCUT2D eigenvalue weighted by Gasteiger charge is 2.34. The molecule has 1 heterocycles. The largest absolute Gasteiger partial charge is 0.467 e. The van der Waals surface area contributed by atoms with E-state index in [9.17, 15) is 28.8 Å². The molecule has 0 saturated carbocycles. The molecule has 0 saturated heterocycles. The number of carbonyl (C=O) groups excluding carboxylic acids is 6. The summed E-state index contributed by atoms with van der Waals surface area (Å²) in [5.41, 5.74) is -2.76. The normalized spacial score (nSPS) is 21.0. The Balaban J connectivity index is 2.42. The van der Waals surface area contributed by atoms with E-state index >= 15 is 0 Å². The van der Waals surface area contributed by atoms with Gasteiger partial charge >= 0.3 is 18.0 Å². The van der Waals surface area contributed by atoms with Crippen LogP contribution in [0.4, 0.5) is 10.5 Å². The lowest BCUT2D eigenvalue weighted by atomic mass is 9.88. The minimum absolute atomic E-state index is 0.0343. The lowest BCUT2D eigenvalue weighted by Crippen LogP contribution is -2.45. The number of carbonyl (C=O) groups is 6. The highest BCUT2D eigenvalue weighted by Crippen LogP contribution is 2.33. The van der Waals surface area contributed by atoms with Gasteiger partial charge in [0.05, 0.1) is 29.9 Å². The Kier molecular flexibility index (Phi) is 17.2. The fourth-order valence-electron chi connectivity index (χ4n) is 4.98. The van der Waals surface area contributed by atoms with Gasteiger partial charge in [-0.15, -0.1) is 0 Å². The topological polar surface area (TPSA) is 197 Å². The third-order valence-corrected chi connectivity index (χ3v) is 8.77. The van der Waals surface area contributed by atoms with Crippen LogP contribution in [0.5, 0.6) is 5.75 Å². The van der Waals surface area contributed by atoms with Crippen molar-refractivity contribution in [3.05, 3.63) is 23.8 Å². The van der Waals surface area contributed by atoms with Crippen LogP contribution >= 0.6 is 0 Å². The standard InChI is InChI=1S/C40H60N4O11/c1-26-16-20-41-31(45)14-15-32(46)42-21-17-40(9,10)53-23-19-39(7,8)35(49)54-30-13-12-27(24-28(30)43-34(48)38(5,6)18-22-52-26)25-29(33(47)51-11)44-36(50)55-37(2,3)4/h12-13,24,26,29H,16-23,25H2,1-11H3,(H,41,45)(H,42,46)(H,43,48)(H,44,50)/t26?,29-/m0/s1. The number of alkyl carbamates (subject to hydrolysis) is 1. The van der Waals surface area contributed by atoms with Gasteiger partial charge in [0.1, 0.15) is 11.6 Å². The monoisotopic (exact) mass is 772 g/mol. The molecule has 1 aromatic rings. The van der Waals surface area contributed by atoms with E-state index in [1.807, 2.05) is 20.8 Å². The summed E-state index contributed by atoms with van der Waals surface area (Å²) in [6.07, 6.45) is 0.397. The Labute approximate surface area is 325 Å². The van der Waals surface area contributed by atoms with Gasteiger partial charge < -0.3 is 45.0 Å². The molecule has 15 heteroatoms. The van der Waals surface area contributed by atoms with E-state index in [4.69, 9.17) is 23.7 Å². The molecular weight excluding hydrogens is 712 g/mol. The molecule has 15 nitrogen and oxygen atoms in total. The number of amides is 4. The first-order chi connectivity index (χ1) is 25.4. The van der Waals surface area contributed by atoms with Crippen molar-refractivity contribution >= 4 is 41.4 Å². The molecule has 0 radical (unpaired) electrons. The molecule has 1 aromatic carbocycles. The van der Waals surface area contributed by atoms with E-state index in [0.29, 0.717) is 24.8 Å². The third-order valence-electron chi connectivity index (χ3n) is 8.77. The number of anilines is 1. The lowest BCUT2D eigenvalue weighted by molar-refractivity contribution is -0.146. The Morgan fingerprint density at radius 1 is 0.927 bits per heavy atom. The predicted octanol–water partition coefficient (Wildman–Crippen LogP) is 4.20. The van der Waals surface area contributed by atoms with Crippen LogP contribution in [0, 0.1) is 22.7 Å². The van der Waals surface area contributed by atoms with Gasteiger partial charge in [0.25, 0.3) is 11.8 Å². The summed E-state index contributed by atoms with van der Waals surface area (Å²) in [6.45, 7) is 18.5. The summed E-state index contributed by atoms with van der Waals surface area (Å²) >= 11 is 0. The van der Waals surface area contributed by atoms with Gasteiger partial charge in [-0.05, 0) is 98.8 Å². The molecule has 1 unspecified atom stereocenters.